The zero-order valence-electron chi connectivity index (χ0n) is 12.7. The summed E-state index contributed by atoms with van der Waals surface area (Å²) in [5.41, 5.74) is 5.48. The number of hydrogen-bond donors (Lipinski definition) is 2. The zero-order valence-corrected chi connectivity index (χ0v) is 13.5. The molecular weight excluding hydrogens is 308 g/mol. The highest BCUT2D eigenvalue weighted by Gasteiger charge is 2.23. The summed E-state index contributed by atoms with van der Waals surface area (Å²) in [6.07, 6.45) is 5.01. The molecule has 7 heteroatoms. The molecule has 0 bridgehead atoms. The molecule has 0 saturated heterocycles. The lowest BCUT2D eigenvalue weighted by Gasteiger charge is -2.01. The van der Waals surface area contributed by atoms with Crippen LogP contribution in [0.5, 0.6) is 0 Å². The summed E-state index contributed by atoms with van der Waals surface area (Å²) >= 11 is 5.32. The maximum absolute atomic E-state index is 5.32. The maximum Gasteiger partial charge on any atom is 0.216 e. The molecule has 0 unspecified atom stereocenters. The molecule has 1 aliphatic rings. The van der Waals surface area contributed by atoms with Crippen molar-refractivity contribution in [2.45, 2.75) is 26.2 Å². The van der Waals surface area contributed by atoms with Crippen molar-refractivity contribution < 1.29 is 0 Å². The number of aromatic amines is 2. The van der Waals surface area contributed by atoms with Gasteiger partial charge in [0.2, 0.25) is 10.6 Å². The van der Waals surface area contributed by atoms with Gasteiger partial charge in [0.15, 0.2) is 0 Å². The highest BCUT2D eigenvalue weighted by Crippen LogP contribution is 2.29. The van der Waals surface area contributed by atoms with E-state index in [1.807, 2.05) is 18.2 Å². The molecule has 116 valence electrons. The lowest BCUT2D eigenvalue weighted by Crippen LogP contribution is -1.98. The Hall–Kier alpha value is -2.54. The van der Waals surface area contributed by atoms with Crippen LogP contribution < -0.4 is 0 Å². The fraction of sp³-hybridized carbons (Fsp3) is 0.250. The van der Waals surface area contributed by atoms with Crippen LogP contribution in [0.15, 0.2) is 29.4 Å². The van der Waals surface area contributed by atoms with Crippen molar-refractivity contribution in [2.75, 3.05) is 0 Å². The van der Waals surface area contributed by atoms with Gasteiger partial charge in [-0.3, -0.25) is 5.10 Å². The van der Waals surface area contributed by atoms with E-state index >= 15 is 0 Å². The van der Waals surface area contributed by atoms with Gasteiger partial charge in [0, 0.05) is 11.3 Å². The first-order valence-corrected chi connectivity index (χ1v) is 7.99. The summed E-state index contributed by atoms with van der Waals surface area (Å²) in [5.74, 6) is 0.652. The number of aromatic nitrogens is 5. The van der Waals surface area contributed by atoms with Crippen molar-refractivity contribution in [2.24, 2.45) is 5.10 Å². The van der Waals surface area contributed by atoms with E-state index in [9.17, 15) is 0 Å². The van der Waals surface area contributed by atoms with E-state index in [1.165, 1.54) is 11.3 Å². The van der Waals surface area contributed by atoms with E-state index in [4.69, 9.17) is 12.2 Å². The Morgan fingerprint density at radius 2 is 2.09 bits per heavy atom. The highest BCUT2D eigenvalue weighted by molar-refractivity contribution is 7.71. The third-order valence-electron chi connectivity index (χ3n) is 4.17. The molecule has 2 N–H and O–H groups in total. The van der Waals surface area contributed by atoms with Crippen LogP contribution >= 0.6 is 12.2 Å². The Morgan fingerprint density at radius 1 is 1.22 bits per heavy atom. The Bertz CT molecular complexity index is 946. The zero-order chi connectivity index (χ0) is 15.8. The van der Waals surface area contributed by atoms with Crippen molar-refractivity contribution in [3.63, 3.8) is 0 Å². The van der Waals surface area contributed by atoms with E-state index in [0.29, 0.717) is 10.6 Å². The Balaban J connectivity index is 1.77. The monoisotopic (exact) mass is 324 g/mol. The van der Waals surface area contributed by atoms with Crippen LogP contribution in [-0.2, 0) is 12.8 Å². The summed E-state index contributed by atoms with van der Waals surface area (Å²) in [6, 6.07) is 8.07. The van der Waals surface area contributed by atoms with Crippen LogP contribution in [0.1, 0.15) is 28.8 Å². The molecule has 2 heterocycles. The van der Waals surface area contributed by atoms with Crippen LogP contribution in [0.25, 0.3) is 11.5 Å². The first-order valence-electron chi connectivity index (χ1n) is 7.58. The number of nitrogens with zero attached hydrogens (tertiary/aromatic N) is 4. The van der Waals surface area contributed by atoms with Gasteiger partial charge in [0.1, 0.15) is 5.69 Å². The fourth-order valence-electron chi connectivity index (χ4n) is 2.91. The minimum absolute atomic E-state index is 0.458. The molecule has 4 rings (SSSR count). The van der Waals surface area contributed by atoms with Crippen molar-refractivity contribution in [1.82, 2.24) is 25.1 Å². The lowest BCUT2D eigenvalue weighted by atomic mass is 10.1. The molecule has 0 saturated carbocycles. The van der Waals surface area contributed by atoms with Gasteiger partial charge in [-0.1, -0.05) is 24.3 Å². The van der Waals surface area contributed by atoms with Crippen LogP contribution in [0, 0.1) is 11.7 Å². The molecule has 3 aromatic rings. The normalized spacial score (nSPS) is 13.8. The fourth-order valence-corrected chi connectivity index (χ4v) is 3.09. The number of hydrogen-bond acceptors (Lipinski definition) is 4. The van der Waals surface area contributed by atoms with Crippen LogP contribution in [0.2, 0.25) is 0 Å². The molecule has 6 nitrogen and oxygen atoms in total. The average molecular weight is 324 g/mol. The Morgan fingerprint density at radius 3 is 2.96 bits per heavy atom. The van der Waals surface area contributed by atoms with Gasteiger partial charge in [0.25, 0.3) is 0 Å². The van der Waals surface area contributed by atoms with Gasteiger partial charge in [-0.05, 0) is 49.5 Å². The topological polar surface area (TPSA) is 74.7 Å². The van der Waals surface area contributed by atoms with Gasteiger partial charge >= 0.3 is 0 Å². The summed E-state index contributed by atoms with van der Waals surface area (Å²) in [4.78, 5) is 0. The predicted octanol–water partition coefficient (Wildman–Crippen LogP) is 3.01. The molecule has 1 aromatic carbocycles. The quantitative estimate of drug-likeness (QED) is 0.574. The molecule has 0 fully saturated rings. The van der Waals surface area contributed by atoms with Gasteiger partial charge in [0.05, 0.1) is 6.21 Å². The first-order chi connectivity index (χ1) is 11.2. The van der Waals surface area contributed by atoms with E-state index in [-0.39, 0.29) is 0 Å². The van der Waals surface area contributed by atoms with Crippen molar-refractivity contribution in [1.29, 1.82) is 0 Å². The second-order valence-electron chi connectivity index (χ2n) is 5.65. The minimum atomic E-state index is 0.458. The number of rotatable bonds is 3. The van der Waals surface area contributed by atoms with Crippen molar-refractivity contribution in [3.8, 4) is 11.5 Å². The second-order valence-corrected chi connectivity index (χ2v) is 6.03. The molecule has 0 atom stereocenters. The van der Waals surface area contributed by atoms with Crippen molar-refractivity contribution >= 4 is 18.4 Å². The standard InChI is InChI=1S/C16H16N6S/c1-10-5-2-3-6-11(10)9-17-22-15(20-21-16(22)23)14-12-7-4-8-13(12)18-19-14/h2-3,5-6,9H,4,7-8H2,1H3,(H,18,19)(H,21,23)/b17-9+. The average Bonchev–Trinajstić information content (AvgIpc) is 3.23. The highest BCUT2D eigenvalue weighted by atomic mass is 32.1. The molecule has 1 aliphatic carbocycles. The summed E-state index contributed by atoms with van der Waals surface area (Å²) < 4.78 is 2.09. The van der Waals surface area contributed by atoms with E-state index in [0.717, 1.165) is 36.1 Å². The molecule has 0 spiro atoms. The number of H-pyrrole nitrogens is 2. The maximum atomic E-state index is 5.32. The Kier molecular flexibility index (Phi) is 3.42. The summed E-state index contributed by atoms with van der Waals surface area (Å²) in [7, 11) is 0. The van der Waals surface area contributed by atoms with Gasteiger partial charge in [-0.25, -0.2) is 5.10 Å². The van der Waals surface area contributed by atoms with E-state index < -0.39 is 0 Å². The van der Waals surface area contributed by atoms with Crippen LogP contribution in [0.3, 0.4) is 0 Å². The molecule has 0 amide bonds. The second kappa shape index (κ2) is 5.58. The number of fused-ring (bicyclic) bond motifs is 1. The van der Waals surface area contributed by atoms with Crippen molar-refractivity contribution in [3.05, 3.63) is 51.4 Å². The van der Waals surface area contributed by atoms with Gasteiger partial charge < -0.3 is 0 Å². The first kappa shape index (κ1) is 14.1. The SMILES string of the molecule is Cc1ccccc1/C=N/n1c(-c2n[nH]c3c2CCC3)n[nH]c1=S. The summed E-state index contributed by atoms with van der Waals surface area (Å²) in [5, 5.41) is 19.2. The molecule has 0 radical (unpaired) electrons. The smallest absolute Gasteiger partial charge is 0.216 e. The predicted molar refractivity (Wildman–Crippen MR) is 91.2 cm³/mol. The minimum Gasteiger partial charge on any atom is -0.282 e. The molecule has 23 heavy (non-hydrogen) atoms. The third-order valence-corrected chi connectivity index (χ3v) is 4.43. The lowest BCUT2D eigenvalue weighted by molar-refractivity contribution is 0.844. The van der Waals surface area contributed by atoms with Gasteiger partial charge in [-0.15, -0.1) is 0 Å². The van der Waals surface area contributed by atoms with Crippen LogP contribution in [0.4, 0.5) is 0 Å². The summed E-state index contributed by atoms with van der Waals surface area (Å²) in [6.45, 7) is 2.05. The van der Waals surface area contributed by atoms with Crippen LogP contribution in [-0.4, -0.2) is 31.3 Å². The Labute approximate surface area is 138 Å². The largest absolute Gasteiger partial charge is 0.282 e. The molecule has 2 aromatic heterocycles. The van der Waals surface area contributed by atoms with E-state index in [2.05, 4.69) is 38.5 Å². The number of nitrogens with one attached hydrogen (secondary N) is 2. The van der Waals surface area contributed by atoms with Gasteiger partial charge in [-0.2, -0.15) is 20.0 Å². The van der Waals surface area contributed by atoms with E-state index in [1.54, 1.807) is 10.9 Å². The molecular formula is C16H16N6S. The number of benzene rings is 1. The third kappa shape index (κ3) is 2.43. The number of aryl methyl sites for hydroxylation is 2. The molecule has 0 aliphatic heterocycles.